The van der Waals surface area contributed by atoms with Crippen LogP contribution in [0.4, 0.5) is 0 Å². The molecule has 1 unspecified atom stereocenters. The summed E-state index contributed by atoms with van der Waals surface area (Å²) in [5.74, 6) is 0.909. The highest BCUT2D eigenvalue weighted by atomic mass is 35.5. The average Bonchev–Trinajstić information content (AvgIpc) is 2.91. The monoisotopic (exact) mass is 290 g/mol. The molecule has 0 bridgehead atoms. The first kappa shape index (κ1) is 15.2. The molecule has 0 saturated heterocycles. The van der Waals surface area contributed by atoms with Gasteiger partial charge in [-0.3, -0.25) is 0 Å². The van der Waals surface area contributed by atoms with E-state index in [0.717, 1.165) is 30.6 Å². The number of rotatable bonds is 5. The van der Waals surface area contributed by atoms with E-state index in [1.165, 1.54) is 22.3 Å². The van der Waals surface area contributed by atoms with Crippen molar-refractivity contribution >= 4 is 11.6 Å². The van der Waals surface area contributed by atoms with Gasteiger partial charge >= 0.3 is 0 Å². The van der Waals surface area contributed by atoms with Crippen LogP contribution in [0.1, 0.15) is 59.7 Å². The van der Waals surface area contributed by atoms with Crippen LogP contribution in [0, 0.1) is 6.92 Å². The topological polar surface area (TPSA) is 13.1 Å². The molecule has 2 rings (SSSR count). The number of hydrogen-bond donors (Lipinski definition) is 0. The predicted molar refractivity (Wildman–Crippen MR) is 85.7 cm³/mol. The predicted octanol–water partition coefficient (Wildman–Crippen LogP) is 5.60. The Labute approximate surface area is 127 Å². The van der Waals surface area contributed by atoms with E-state index in [1.54, 1.807) is 6.26 Å². The highest BCUT2D eigenvalue weighted by Gasteiger charge is 2.20. The van der Waals surface area contributed by atoms with Gasteiger partial charge in [0, 0.05) is 5.56 Å². The molecule has 1 aromatic carbocycles. The number of aryl methyl sites for hydroxylation is 4. The molecule has 2 aromatic rings. The van der Waals surface area contributed by atoms with Gasteiger partial charge in [0.2, 0.25) is 0 Å². The van der Waals surface area contributed by atoms with Gasteiger partial charge in [-0.05, 0) is 54.5 Å². The summed E-state index contributed by atoms with van der Waals surface area (Å²) in [4.78, 5) is 0. The Balaban J connectivity index is 2.53. The molecule has 108 valence electrons. The van der Waals surface area contributed by atoms with Crippen LogP contribution in [-0.2, 0) is 19.3 Å². The molecule has 0 fully saturated rings. The van der Waals surface area contributed by atoms with Crippen LogP contribution in [-0.4, -0.2) is 0 Å². The van der Waals surface area contributed by atoms with E-state index >= 15 is 0 Å². The van der Waals surface area contributed by atoms with Crippen molar-refractivity contribution in [3.05, 3.63) is 58.0 Å². The molecule has 0 aliphatic carbocycles. The highest BCUT2D eigenvalue weighted by molar-refractivity contribution is 6.22. The normalized spacial score (nSPS) is 12.7. The van der Waals surface area contributed by atoms with Gasteiger partial charge in [-0.15, -0.1) is 11.6 Å². The minimum atomic E-state index is -0.122. The van der Waals surface area contributed by atoms with Crippen LogP contribution in [0.15, 0.2) is 28.9 Å². The SMILES string of the molecule is CCc1cc(CC)c(C(Cl)c2coc(C)c2)c(CC)c1. The van der Waals surface area contributed by atoms with Crippen molar-refractivity contribution in [2.24, 2.45) is 0 Å². The quantitative estimate of drug-likeness (QED) is 0.653. The van der Waals surface area contributed by atoms with Gasteiger partial charge in [0.25, 0.3) is 0 Å². The summed E-state index contributed by atoms with van der Waals surface area (Å²) >= 11 is 6.75. The lowest BCUT2D eigenvalue weighted by atomic mass is 9.90. The average molecular weight is 291 g/mol. The number of halogens is 1. The lowest BCUT2D eigenvalue weighted by Crippen LogP contribution is -2.04. The third-order valence-corrected chi connectivity index (χ3v) is 4.35. The van der Waals surface area contributed by atoms with E-state index in [4.69, 9.17) is 16.0 Å². The van der Waals surface area contributed by atoms with Crippen molar-refractivity contribution in [3.63, 3.8) is 0 Å². The summed E-state index contributed by atoms with van der Waals surface area (Å²) < 4.78 is 5.41. The first-order valence-corrected chi connectivity index (χ1v) is 7.87. The smallest absolute Gasteiger partial charge is 0.101 e. The van der Waals surface area contributed by atoms with Crippen LogP contribution in [0.3, 0.4) is 0 Å². The second-order valence-electron chi connectivity index (χ2n) is 5.24. The number of hydrogen-bond acceptors (Lipinski definition) is 1. The van der Waals surface area contributed by atoms with Crippen LogP contribution < -0.4 is 0 Å². The van der Waals surface area contributed by atoms with Crippen LogP contribution in [0.2, 0.25) is 0 Å². The maximum absolute atomic E-state index is 6.75. The van der Waals surface area contributed by atoms with Gasteiger partial charge in [0.1, 0.15) is 5.76 Å². The summed E-state index contributed by atoms with van der Waals surface area (Å²) in [5.41, 5.74) is 6.45. The van der Waals surface area contributed by atoms with Gasteiger partial charge in [-0.1, -0.05) is 32.9 Å². The number of benzene rings is 1. The molecule has 0 radical (unpaired) electrons. The second kappa shape index (κ2) is 6.49. The minimum absolute atomic E-state index is 0.122. The first-order valence-electron chi connectivity index (χ1n) is 7.44. The van der Waals surface area contributed by atoms with Crippen molar-refractivity contribution < 1.29 is 4.42 Å². The van der Waals surface area contributed by atoms with Crippen molar-refractivity contribution in [2.45, 2.75) is 52.3 Å². The Morgan fingerprint density at radius 1 is 1.00 bits per heavy atom. The first-order chi connectivity index (χ1) is 9.60. The van der Waals surface area contributed by atoms with E-state index in [2.05, 4.69) is 32.9 Å². The van der Waals surface area contributed by atoms with Crippen LogP contribution in [0.5, 0.6) is 0 Å². The lowest BCUT2D eigenvalue weighted by molar-refractivity contribution is 0.532. The van der Waals surface area contributed by atoms with Crippen molar-refractivity contribution in [1.82, 2.24) is 0 Å². The lowest BCUT2D eigenvalue weighted by Gasteiger charge is -2.19. The Kier molecular flexibility index (Phi) is 4.93. The van der Waals surface area contributed by atoms with E-state index in [0.29, 0.717) is 0 Å². The van der Waals surface area contributed by atoms with Gasteiger partial charge in [-0.25, -0.2) is 0 Å². The summed E-state index contributed by atoms with van der Waals surface area (Å²) in [6.07, 6.45) is 4.87. The largest absolute Gasteiger partial charge is 0.469 e. The Morgan fingerprint density at radius 3 is 2.00 bits per heavy atom. The third-order valence-electron chi connectivity index (χ3n) is 3.88. The Bertz CT molecular complexity index is 558. The van der Waals surface area contributed by atoms with Crippen molar-refractivity contribution in [2.75, 3.05) is 0 Å². The molecule has 1 aromatic heterocycles. The maximum Gasteiger partial charge on any atom is 0.101 e. The molecule has 0 aliphatic heterocycles. The summed E-state index contributed by atoms with van der Waals surface area (Å²) in [5, 5.41) is -0.122. The maximum atomic E-state index is 6.75. The van der Waals surface area contributed by atoms with Gasteiger partial charge < -0.3 is 4.42 Å². The van der Waals surface area contributed by atoms with Gasteiger partial charge in [0.05, 0.1) is 11.6 Å². The molecule has 1 atom stereocenters. The minimum Gasteiger partial charge on any atom is -0.469 e. The fourth-order valence-corrected chi connectivity index (χ4v) is 3.12. The van der Waals surface area contributed by atoms with Crippen molar-refractivity contribution in [1.29, 1.82) is 0 Å². The Morgan fingerprint density at radius 2 is 1.60 bits per heavy atom. The summed E-state index contributed by atoms with van der Waals surface area (Å²) in [6.45, 7) is 8.55. The zero-order valence-corrected chi connectivity index (χ0v) is 13.6. The zero-order chi connectivity index (χ0) is 14.7. The Hall–Kier alpha value is -1.21. The van der Waals surface area contributed by atoms with Gasteiger partial charge in [0.15, 0.2) is 0 Å². The van der Waals surface area contributed by atoms with E-state index in [9.17, 15) is 0 Å². The van der Waals surface area contributed by atoms with E-state index in [1.807, 2.05) is 13.0 Å². The molecule has 0 amide bonds. The van der Waals surface area contributed by atoms with Crippen LogP contribution in [0.25, 0.3) is 0 Å². The summed E-state index contributed by atoms with van der Waals surface area (Å²) in [6, 6.07) is 6.64. The molecule has 2 heteroatoms. The standard InChI is InChI=1S/C18H23ClO/c1-5-13-9-14(6-2)17(15(7-3)10-13)18(19)16-8-12(4)20-11-16/h8-11,18H,5-7H2,1-4H3. The second-order valence-corrected chi connectivity index (χ2v) is 5.68. The van der Waals surface area contributed by atoms with E-state index < -0.39 is 0 Å². The molecule has 20 heavy (non-hydrogen) atoms. The zero-order valence-electron chi connectivity index (χ0n) is 12.8. The van der Waals surface area contributed by atoms with Gasteiger partial charge in [-0.2, -0.15) is 0 Å². The van der Waals surface area contributed by atoms with Crippen molar-refractivity contribution in [3.8, 4) is 0 Å². The highest BCUT2D eigenvalue weighted by Crippen LogP contribution is 2.36. The molecule has 0 spiro atoms. The molecule has 1 nitrogen and oxygen atoms in total. The molecule has 0 aliphatic rings. The fraction of sp³-hybridized carbons (Fsp3) is 0.444. The molecular formula is C18H23ClO. The van der Waals surface area contributed by atoms with E-state index in [-0.39, 0.29) is 5.38 Å². The number of alkyl halides is 1. The van der Waals surface area contributed by atoms with Crippen LogP contribution >= 0.6 is 11.6 Å². The molecule has 1 heterocycles. The fourth-order valence-electron chi connectivity index (χ4n) is 2.73. The summed E-state index contributed by atoms with van der Waals surface area (Å²) in [7, 11) is 0. The molecule has 0 saturated carbocycles. The third kappa shape index (κ3) is 2.93. The molecular weight excluding hydrogens is 268 g/mol. The molecule has 0 N–H and O–H groups in total. The number of furan rings is 1.